The van der Waals surface area contributed by atoms with E-state index >= 15 is 0 Å². The Labute approximate surface area is 117 Å². The normalized spacial score (nSPS) is 36.9. The molecule has 1 aromatic rings. The lowest BCUT2D eigenvalue weighted by molar-refractivity contribution is -0.355. The van der Waals surface area contributed by atoms with Crippen LogP contribution in [0.3, 0.4) is 0 Å². The molecule has 1 aromatic carbocycles. The summed E-state index contributed by atoms with van der Waals surface area (Å²) in [6.45, 7) is 0.415. The fourth-order valence-electron chi connectivity index (χ4n) is 3.15. The van der Waals surface area contributed by atoms with Crippen molar-refractivity contribution >= 4 is 0 Å². The van der Waals surface area contributed by atoms with Crippen molar-refractivity contribution in [3.8, 4) is 0 Å². The van der Waals surface area contributed by atoms with E-state index in [1.54, 1.807) is 0 Å². The lowest BCUT2D eigenvalue weighted by Gasteiger charge is -2.48. The zero-order valence-electron chi connectivity index (χ0n) is 11.2. The van der Waals surface area contributed by atoms with Crippen LogP contribution in [0.2, 0.25) is 0 Å². The van der Waals surface area contributed by atoms with E-state index in [4.69, 9.17) is 14.6 Å². The van der Waals surface area contributed by atoms with Gasteiger partial charge in [-0.25, -0.2) is 0 Å². The Balaban J connectivity index is 2.01. The molecule has 4 atom stereocenters. The maximum Gasteiger partial charge on any atom is 0.225 e. The first-order chi connectivity index (χ1) is 9.67. The second-order valence-electron chi connectivity index (χ2n) is 5.42. The van der Waals surface area contributed by atoms with Crippen LogP contribution in [0.25, 0.3) is 0 Å². The highest BCUT2D eigenvalue weighted by Gasteiger charge is 2.53. The van der Waals surface area contributed by atoms with E-state index in [2.05, 4.69) is 0 Å². The smallest absolute Gasteiger partial charge is 0.225 e. The molecule has 5 nitrogen and oxygen atoms in total. The second-order valence-corrected chi connectivity index (χ2v) is 5.42. The van der Waals surface area contributed by atoms with Crippen LogP contribution in [0.1, 0.15) is 24.0 Å². The molecule has 1 fully saturated rings. The summed E-state index contributed by atoms with van der Waals surface area (Å²) in [6.07, 6.45) is -0.907. The molecule has 5 heteroatoms. The predicted octanol–water partition coefficient (Wildman–Crippen LogP) is 0.305. The van der Waals surface area contributed by atoms with E-state index in [1.165, 1.54) is 0 Å². The number of aliphatic hydroxyl groups excluding tert-OH is 3. The Morgan fingerprint density at radius 2 is 2.05 bits per heavy atom. The third-order valence-electron chi connectivity index (χ3n) is 4.13. The van der Waals surface area contributed by atoms with Crippen molar-refractivity contribution < 1.29 is 24.8 Å². The van der Waals surface area contributed by atoms with Gasteiger partial charge in [0.1, 0.15) is 6.10 Å². The number of hydrogen-bond acceptors (Lipinski definition) is 5. The molecule has 110 valence electrons. The summed E-state index contributed by atoms with van der Waals surface area (Å²) in [5.74, 6) is -1.31. The molecule has 0 aliphatic carbocycles. The number of fused-ring (bicyclic) bond motifs is 2. The van der Waals surface area contributed by atoms with Crippen LogP contribution in [0, 0.1) is 0 Å². The van der Waals surface area contributed by atoms with Gasteiger partial charge < -0.3 is 24.8 Å². The molecule has 20 heavy (non-hydrogen) atoms. The summed E-state index contributed by atoms with van der Waals surface area (Å²) in [5.41, 5.74) is 1.84. The maximum absolute atomic E-state index is 10.4. The Kier molecular flexibility index (Phi) is 3.79. The fourth-order valence-corrected chi connectivity index (χ4v) is 3.15. The first-order valence-electron chi connectivity index (χ1n) is 7.04. The minimum absolute atomic E-state index is 0.0226. The Morgan fingerprint density at radius 3 is 2.85 bits per heavy atom. The van der Waals surface area contributed by atoms with Gasteiger partial charge in [0.25, 0.3) is 0 Å². The fraction of sp³-hybridized carbons (Fsp3) is 0.600. The molecule has 0 amide bonds. The largest absolute Gasteiger partial charge is 0.396 e. The van der Waals surface area contributed by atoms with Crippen LogP contribution < -0.4 is 0 Å². The maximum atomic E-state index is 10.4. The van der Waals surface area contributed by atoms with Gasteiger partial charge >= 0.3 is 0 Å². The molecular formula is C15H20O5. The van der Waals surface area contributed by atoms with Crippen molar-refractivity contribution in [2.24, 2.45) is 0 Å². The van der Waals surface area contributed by atoms with Gasteiger partial charge in [0, 0.05) is 18.6 Å². The SMILES string of the molecule is OCC[C@H]1C[C@@H](O)[C@H](O)[C@@]2(OCCc3ccccc32)O1. The summed E-state index contributed by atoms with van der Waals surface area (Å²) >= 11 is 0. The average molecular weight is 280 g/mol. The average Bonchev–Trinajstić information content (AvgIpc) is 2.45. The monoisotopic (exact) mass is 280 g/mol. The van der Waals surface area contributed by atoms with Crippen molar-refractivity contribution in [3.63, 3.8) is 0 Å². The van der Waals surface area contributed by atoms with Crippen molar-refractivity contribution in [2.75, 3.05) is 13.2 Å². The predicted molar refractivity (Wildman–Crippen MR) is 71.0 cm³/mol. The second kappa shape index (κ2) is 5.42. The van der Waals surface area contributed by atoms with Gasteiger partial charge in [-0.15, -0.1) is 0 Å². The van der Waals surface area contributed by atoms with E-state index in [1.807, 2.05) is 24.3 Å². The third-order valence-corrected chi connectivity index (χ3v) is 4.13. The standard InChI is InChI=1S/C15H20O5/c16-7-5-11-9-13(17)14(18)15(20-11)12-4-2-1-3-10(12)6-8-19-15/h1-4,11,13-14,16-18H,5-9H2/t11-,13+,14-,15-/m0/s1. The molecule has 2 heterocycles. The molecule has 2 aliphatic rings. The molecule has 1 saturated heterocycles. The molecular weight excluding hydrogens is 260 g/mol. The number of hydrogen-bond donors (Lipinski definition) is 3. The molecule has 1 spiro atoms. The molecule has 0 bridgehead atoms. The first kappa shape index (κ1) is 14.0. The summed E-state index contributed by atoms with van der Waals surface area (Å²) < 4.78 is 11.8. The number of rotatable bonds is 2. The summed E-state index contributed by atoms with van der Waals surface area (Å²) in [4.78, 5) is 0. The van der Waals surface area contributed by atoms with Crippen molar-refractivity contribution in [1.29, 1.82) is 0 Å². The molecule has 3 rings (SSSR count). The van der Waals surface area contributed by atoms with Crippen LogP contribution in [-0.4, -0.2) is 46.8 Å². The lowest BCUT2D eigenvalue weighted by Crippen LogP contribution is -2.59. The van der Waals surface area contributed by atoms with E-state index in [-0.39, 0.29) is 12.7 Å². The minimum atomic E-state index is -1.31. The van der Waals surface area contributed by atoms with Gasteiger partial charge in [-0.2, -0.15) is 0 Å². The topological polar surface area (TPSA) is 79.2 Å². The third kappa shape index (κ3) is 2.16. The molecule has 0 radical (unpaired) electrons. The minimum Gasteiger partial charge on any atom is -0.396 e. The van der Waals surface area contributed by atoms with Crippen LogP contribution in [0.5, 0.6) is 0 Å². The van der Waals surface area contributed by atoms with Gasteiger partial charge in [0.2, 0.25) is 5.79 Å². The number of aliphatic hydroxyl groups is 3. The van der Waals surface area contributed by atoms with E-state index in [9.17, 15) is 10.2 Å². The molecule has 0 unspecified atom stereocenters. The Hall–Kier alpha value is -0.980. The Morgan fingerprint density at radius 1 is 1.25 bits per heavy atom. The van der Waals surface area contributed by atoms with Crippen LogP contribution in [0.4, 0.5) is 0 Å². The zero-order chi connectivity index (χ0) is 14.2. The van der Waals surface area contributed by atoms with Crippen molar-refractivity contribution in [2.45, 2.75) is 43.4 Å². The van der Waals surface area contributed by atoms with E-state index in [0.717, 1.165) is 17.5 Å². The van der Waals surface area contributed by atoms with Crippen molar-refractivity contribution in [1.82, 2.24) is 0 Å². The summed E-state index contributed by atoms with van der Waals surface area (Å²) in [6, 6.07) is 7.66. The summed E-state index contributed by atoms with van der Waals surface area (Å²) in [7, 11) is 0. The van der Waals surface area contributed by atoms with Gasteiger partial charge in [-0.1, -0.05) is 24.3 Å². The first-order valence-corrected chi connectivity index (χ1v) is 7.04. The number of benzene rings is 1. The van der Waals surface area contributed by atoms with Gasteiger partial charge in [-0.05, 0) is 18.4 Å². The van der Waals surface area contributed by atoms with E-state index < -0.39 is 18.0 Å². The highest BCUT2D eigenvalue weighted by Crippen LogP contribution is 2.43. The summed E-state index contributed by atoms with van der Waals surface area (Å²) in [5, 5.41) is 29.6. The molecule has 3 N–H and O–H groups in total. The highest BCUT2D eigenvalue weighted by atomic mass is 16.7. The quantitative estimate of drug-likeness (QED) is 0.726. The number of ether oxygens (including phenoxy) is 2. The molecule has 0 saturated carbocycles. The molecule has 2 aliphatic heterocycles. The van der Waals surface area contributed by atoms with Crippen LogP contribution in [-0.2, 0) is 21.7 Å². The highest BCUT2D eigenvalue weighted by molar-refractivity contribution is 5.34. The van der Waals surface area contributed by atoms with Crippen molar-refractivity contribution in [3.05, 3.63) is 35.4 Å². The van der Waals surface area contributed by atoms with Gasteiger partial charge in [0.15, 0.2) is 0 Å². The van der Waals surface area contributed by atoms with Gasteiger partial charge in [0.05, 0.1) is 18.8 Å². The Bertz CT molecular complexity index is 477. The van der Waals surface area contributed by atoms with Crippen LogP contribution in [0.15, 0.2) is 24.3 Å². The van der Waals surface area contributed by atoms with Gasteiger partial charge in [-0.3, -0.25) is 0 Å². The molecule has 0 aromatic heterocycles. The lowest BCUT2D eigenvalue weighted by atomic mass is 9.84. The zero-order valence-corrected chi connectivity index (χ0v) is 11.2. The van der Waals surface area contributed by atoms with E-state index in [0.29, 0.717) is 19.4 Å². The van der Waals surface area contributed by atoms with Crippen LogP contribution >= 0.6 is 0 Å².